The van der Waals surface area contributed by atoms with Gasteiger partial charge in [0.1, 0.15) is 19.0 Å². The number of H-pyrrole nitrogens is 1. The number of hydrogen-bond acceptors (Lipinski definition) is 11. The van der Waals surface area contributed by atoms with Crippen LogP contribution in [0.25, 0.3) is 16.9 Å². The van der Waals surface area contributed by atoms with Crippen molar-refractivity contribution in [1.29, 1.82) is 0 Å². The van der Waals surface area contributed by atoms with Crippen molar-refractivity contribution in [2.45, 2.75) is 45.3 Å². The van der Waals surface area contributed by atoms with Crippen molar-refractivity contribution in [3.8, 4) is 0 Å². The van der Waals surface area contributed by atoms with Gasteiger partial charge in [-0.1, -0.05) is 0 Å². The van der Waals surface area contributed by atoms with E-state index in [9.17, 15) is 19.2 Å². The molecule has 0 saturated carbocycles. The van der Waals surface area contributed by atoms with Gasteiger partial charge in [0.25, 0.3) is 5.78 Å². The second-order valence-electron chi connectivity index (χ2n) is 6.78. The zero-order chi connectivity index (χ0) is 22.3. The zero-order valence-corrected chi connectivity index (χ0v) is 16.7. The molecule has 1 aliphatic heterocycles. The predicted molar refractivity (Wildman–Crippen MR) is 98.5 cm³/mol. The lowest BCUT2D eigenvalue weighted by Gasteiger charge is -2.23. The van der Waals surface area contributed by atoms with Crippen LogP contribution >= 0.6 is 0 Å². The van der Waals surface area contributed by atoms with E-state index in [-0.39, 0.29) is 23.5 Å². The first kappa shape index (κ1) is 20.5. The minimum absolute atomic E-state index is 0.0133. The van der Waals surface area contributed by atoms with Crippen molar-refractivity contribution >= 4 is 34.8 Å². The van der Waals surface area contributed by atoms with E-state index in [1.54, 1.807) is 0 Å². The molecule has 0 unspecified atom stereocenters. The molecule has 3 aromatic rings. The maximum absolute atomic E-state index is 12.6. The Morgan fingerprint density at radius 2 is 1.81 bits per heavy atom. The molecule has 0 bridgehead atoms. The van der Waals surface area contributed by atoms with Crippen molar-refractivity contribution in [1.82, 2.24) is 29.1 Å². The Labute approximate surface area is 173 Å². The molecule has 4 atom stereocenters. The highest BCUT2D eigenvalue weighted by atomic mass is 16.7. The molecule has 1 N–H and O–H groups in total. The van der Waals surface area contributed by atoms with Gasteiger partial charge in [-0.05, 0) is 0 Å². The molecule has 4 rings (SSSR count). The average molecular weight is 434 g/mol. The number of hydrogen-bond donors (Lipinski definition) is 1. The first-order valence-corrected chi connectivity index (χ1v) is 9.18. The molecule has 0 amide bonds. The third kappa shape index (κ3) is 3.72. The molecule has 4 heterocycles. The standard InChI is InChI=1S/C17H18N6O8/c1-7(24)28-4-10-12(29-8(2)25)13(30-9(3)26)16(31-10)22-6-19-11-14(22)21-17-18-5-20-23(17)15(11)27/h5-6,10,12-13,16H,4H2,1-3H3,(H,18,20,21)/t10-,12-,13-,16-/m1/s1. The van der Waals surface area contributed by atoms with Gasteiger partial charge in [0.05, 0.1) is 6.33 Å². The fourth-order valence-corrected chi connectivity index (χ4v) is 3.41. The maximum Gasteiger partial charge on any atom is 0.303 e. The number of fused-ring (bicyclic) bond motifs is 2. The predicted octanol–water partition coefficient (Wildman–Crippen LogP) is -0.909. The summed E-state index contributed by atoms with van der Waals surface area (Å²) in [6, 6.07) is 0. The average Bonchev–Trinajstić information content (AvgIpc) is 3.39. The summed E-state index contributed by atoms with van der Waals surface area (Å²) in [4.78, 5) is 59.7. The fourth-order valence-electron chi connectivity index (χ4n) is 3.41. The monoisotopic (exact) mass is 434 g/mol. The number of aromatic nitrogens is 6. The molecule has 14 heteroatoms. The second-order valence-corrected chi connectivity index (χ2v) is 6.78. The number of rotatable bonds is 5. The highest BCUT2D eigenvalue weighted by Crippen LogP contribution is 2.35. The maximum atomic E-state index is 12.6. The first-order valence-electron chi connectivity index (χ1n) is 9.18. The number of esters is 3. The van der Waals surface area contributed by atoms with Crippen LogP contribution in [0, 0.1) is 0 Å². The molecule has 3 aromatic heterocycles. The van der Waals surface area contributed by atoms with Crippen LogP contribution in [-0.4, -0.2) is 72.0 Å². The smallest absolute Gasteiger partial charge is 0.303 e. The molecular formula is C17H18N6O8. The molecule has 0 radical (unpaired) electrons. The summed E-state index contributed by atoms with van der Waals surface area (Å²) in [5, 5.41) is 2.63. The molecule has 14 nitrogen and oxygen atoms in total. The summed E-state index contributed by atoms with van der Waals surface area (Å²) in [6.07, 6.45) is -1.65. The zero-order valence-electron chi connectivity index (χ0n) is 16.7. The number of imidazole rings is 1. The summed E-state index contributed by atoms with van der Waals surface area (Å²) in [5.74, 6) is -1.78. The molecule has 0 aliphatic carbocycles. The van der Waals surface area contributed by atoms with Crippen LogP contribution in [0.4, 0.5) is 0 Å². The van der Waals surface area contributed by atoms with Crippen LogP contribution in [0.1, 0.15) is 27.0 Å². The van der Waals surface area contributed by atoms with Crippen molar-refractivity contribution in [2.24, 2.45) is 0 Å². The third-order valence-corrected chi connectivity index (χ3v) is 4.56. The van der Waals surface area contributed by atoms with Crippen LogP contribution in [0.5, 0.6) is 0 Å². The van der Waals surface area contributed by atoms with Crippen LogP contribution in [0.15, 0.2) is 17.4 Å². The van der Waals surface area contributed by atoms with E-state index in [0.29, 0.717) is 0 Å². The quantitative estimate of drug-likeness (QED) is 0.390. The van der Waals surface area contributed by atoms with Crippen LogP contribution in [0.2, 0.25) is 0 Å². The van der Waals surface area contributed by atoms with Crippen LogP contribution in [0.3, 0.4) is 0 Å². The van der Waals surface area contributed by atoms with Crippen LogP contribution in [-0.2, 0) is 33.3 Å². The summed E-state index contributed by atoms with van der Waals surface area (Å²) in [7, 11) is 0. The Morgan fingerprint density at radius 1 is 1.10 bits per heavy atom. The van der Waals surface area contributed by atoms with Gasteiger partial charge >= 0.3 is 23.5 Å². The van der Waals surface area contributed by atoms with Gasteiger partial charge < -0.3 is 18.9 Å². The number of ether oxygens (including phenoxy) is 4. The lowest BCUT2D eigenvalue weighted by Crippen LogP contribution is -2.40. The van der Waals surface area contributed by atoms with Crippen molar-refractivity contribution in [3.63, 3.8) is 0 Å². The summed E-state index contributed by atoms with van der Waals surface area (Å²) >= 11 is 0. The number of aromatic amines is 1. The van der Waals surface area contributed by atoms with Gasteiger partial charge in [-0.2, -0.15) is 9.50 Å². The number of nitrogens with zero attached hydrogens (tertiary/aromatic N) is 5. The molecule has 1 aliphatic rings. The Balaban J connectivity index is 1.80. The molecule has 1 saturated heterocycles. The number of carbonyl (C=O) groups is 3. The van der Waals surface area contributed by atoms with E-state index in [1.165, 1.54) is 38.0 Å². The van der Waals surface area contributed by atoms with Gasteiger partial charge in [0.2, 0.25) is 0 Å². The molecule has 164 valence electrons. The number of carbonyl (C=O) groups excluding carboxylic acids is 3. The Kier molecular flexibility index (Phi) is 5.14. The van der Waals surface area contributed by atoms with Crippen molar-refractivity contribution in [2.75, 3.05) is 6.61 Å². The summed E-state index contributed by atoms with van der Waals surface area (Å²) in [6.45, 7) is 3.33. The summed E-state index contributed by atoms with van der Waals surface area (Å²) in [5.41, 5.74) is -0.361. The largest absolute Gasteiger partial charge is 0.463 e. The normalized spacial score (nSPS) is 23.2. The Bertz CT molecular complexity index is 1230. The minimum Gasteiger partial charge on any atom is -0.463 e. The van der Waals surface area contributed by atoms with Crippen molar-refractivity contribution in [3.05, 3.63) is 23.0 Å². The van der Waals surface area contributed by atoms with E-state index < -0.39 is 48.0 Å². The molecule has 0 aromatic carbocycles. The lowest BCUT2D eigenvalue weighted by molar-refractivity contribution is -0.166. The highest BCUT2D eigenvalue weighted by molar-refractivity contribution is 5.72. The van der Waals surface area contributed by atoms with Crippen molar-refractivity contribution < 1.29 is 33.3 Å². The second kappa shape index (κ2) is 7.79. The third-order valence-electron chi connectivity index (χ3n) is 4.56. The molecule has 1 fully saturated rings. The van der Waals surface area contributed by atoms with E-state index in [4.69, 9.17) is 18.9 Å². The minimum atomic E-state index is -1.13. The van der Waals surface area contributed by atoms with E-state index in [2.05, 4.69) is 20.1 Å². The Hall–Kier alpha value is -3.81. The lowest BCUT2D eigenvalue weighted by atomic mass is 10.1. The van der Waals surface area contributed by atoms with Gasteiger partial charge in [-0.25, -0.2) is 9.97 Å². The van der Waals surface area contributed by atoms with Gasteiger partial charge in [-0.3, -0.25) is 28.8 Å². The van der Waals surface area contributed by atoms with E-state index >= 15 is 0 Å². The molecular weight excluding hydrogens is 416 g/mol. The van der Waals surface area contributed by atoms with Gasteiger partial charge in [0, 0.05) is 20.8 Å². The van der Waals surface area contributed by atoms with E-state index in [1.807, 2.05) is 0 Å². The Morgan fingerprint density at radius 3 is 2.48 bits per heavy atom. The number of nitrogens with one attached hydrogen (secondary N) is 1. The summed E-state index contributed by atoms with van der Waals surface area (Å²) < 4.78 is 24.1. The van der Waals surface area contributed by atoms with E-state index in [0.717, 1.165) is 4.52 Å². The van der Waals surface area contributed by atoms with Gasteiger partial charge in [0.15, 0.2) is 29.6 Å². The highest BCUT2D eigenvalue weighted by Gasteiger charge is 2.51. The first-order chi connectivity index (χ1) is 14.8. The topological polar surface area (TPSA) is 169 Å². The van der Waals surface area contributed by atoms with Gasteiger partial charge in [-0.15, -0.1) is 0 Å². The molecule has 31 heavy (non-hydrogen) atoms. The van der Waals surface area contributed by atoms with Crippen LogP contribution < -0.4 is 5.56 Å². The fraction of sp³-hybridized carbons (Fsp3) is 0.471. The SMILES string of the molecule is CC(=O)OC[C@H]1O[C@@H](n2cnc3c(=O)n4[nH]cnc4nc32)[C@H](OC(C)=O)[C@@H]1OC(C)=O. The molecule has 0 spiro atoms.